The summed E-state index contributed by atoms with van der Waals surface area (Å²) in [7, 11) is 0. The van der Waals surface area contributed by atoms with Gasteiger partial charge < -0.3 is 9.80 Å². The average Bonchev–Trinajstić information content (AvgIpc) is 3.49. The number of aryl methyl sites for hydroxylation is 1. The highest BCUT2D eigenvalue weighted by Gasteiger charge is 2.36. The van der Waals surface area contributed by atoms with Crippen LogP contribution in [0, 0.1) is 6.92 Å². The van der Waals surface area contributed by atoms with Gasteiger partial charge in [0.05, 0.1) is 0 Å². The third-order valence-electron chi connectivity index (χ3n) is 6.35. The molecule has 1 unspecified atom stereocenters. The first-order chi connectivity index (χ1) is 15.6. The van der Waals surface area contributed by atoms with Gasteiger partial charge in [-0.25, -0.2) is 4.98 Å². The van der Waals surface area contributed by atoms with Crippen LogP contribution in [0.5, 0.6) is 0 Å². The van der Waals surface area contributed by atoms with Gasteiger partial charge in [0.15, 0.2) is 5.01 Å². The van der Waals surface area contributed by atoms with E-state index in [9.17, 15) is 9.59 Å². The normalized spacial score (nSPS) is 19.5. The summed E-state index contributed by atoms with van der Waals surface area (Å²) < 4.78 is 0. The van der Waals surface area contributed by atoms with E-state index in [-0.39, 0.29) is 17.9 Å². The predicted octanol–water partition coefficient (Wildman–Crippen LogP) is 3.68. The summed E-state index contributed by atoms with van der Waals surface area (Å²) in [5, 5.41) is 2.38. The van der Waals surface area contributed by atoms with Crippen LogP contribution in [0.3, 0.4) is 0 Å². The molecule has 0 saturated carbocycles. The van der Waals surface area contributed by atoms with E-state index < -0.39 is 0 Å². The van der Waals surface area contributed by atoms with Gasteiger partial charge in [0.25, 0.3) is 5.91 Å². The van der Waals surface area contributed by atoms with Crippen molar-refractivity contribution in [1.82, 2.24) is 14.8 Å². The summed E-state index contributed by atoms with van der Waals surface area (Å²) in [6.45, 7) is 5.69. The second-order valence-electron chi connectivity index (χ2n) is 8.45. The lowest BCUT2D eigenvalue weighted by Gasteiger charge is -2.37. The SMILES string of the molecule is Cc1cccc(-c2cccc(N3CC(N4CCN(C(=O)c5nccs5)CC4)CC3=O)c2)c1. The zero-order chi connectivity index (χ0) is 22.1. The molecule has 0 spiro atoms. The van der Waals surface area contributed by atoms with Crippen LogP contribution in [0.2, 0.25) is 0 Å². The fourth-order valence-electron chi connectivity index (χ4n) is 4.62. The minimum Gasteiger partial charge on any atom is -0.334 e. The molecule has 2 aliphatic rings. The number of anilines is 1. The van der Waals surface area contributed by atoms with Crippen LogP contribution >= 0.6 is 11.3 Å². The zero-order valence-electron chi connectivity index (χ0n) is 18.1. The first-order valence-corrected chi connectivity index (χ1v) is 11.9. The van der Waals surface area contributed by atoms with Crippen LogP contribution in [0.4, 0.5) is 5.69 Å². The fourth-order valence-corrected chi connectivity index (χ4v) is 5.22. The van der Waals surface area contributed by atoms with Crippen molar-refractivity contribution in [2.75, 3.05) is 37.6 Å². The van der Waals surface area contributed by atoms with Crippen molar-refractivity contribution >= 4 is 28.8 Å². The maximum atomic E-state index is 12.9. The average molecular weight is 447 g/mol. The van der Waals surface area contributed by atoms with E-state index in [0.717, 1.165) is 29.9 Å². The summed E-state index contributed by atoms with van der Waals surface area (Å²) in [6, 6.07) is 16.9. The Labute approximate surface area is 192 Å². The van der Waals surface area contributed by atoms with Crippen LogP contribution in [-0.4, -0.2) is 65.4 Å². The maximum Gasteiger partial charge on any atom is 0.282 e. The van der Waals surface area contributed by atoms with Crippen LogP contribution in [0.25, 0.3) is 11.1 Å². The van der Waals surface area contributed by atoms with E-state index in [1.165, 1.54) is 16.9 Å². The number of amides is 2. The second-order valence-corrected chi connectivity index (χ2v) is 9.34. The minimum atomic E-state index is 0.0109. The highest BCUT2D eigenvalue weighted by molar-refractivity contribution is 7.11. The highest BCUT2D eigenvalue weighted by Crippen LogP contribution is 2.29. The Balaban J connectivity index is 1.24. The Morgan fingerprint density at radius 2 is 1.78 bits per heavy atom. The third-order valence-corrected chi connectivity index (χ3v) is 7.11. The topological polar surface area (TPSA) is 56.8 Å². The highest BCUT2D eigenvalue weighted by atomic mass is 32.1. The molecule has 0 radical (unpaired) electrons. The zero-order valence-corrected chi connectivity index (χ0v) is 18.9. The van der Waals surface area contributed by atoms with Gasteiger partial charge in [0, 0.05) is 62.5 Å². The molecular formula is C25H26N4O2S. The van der Waals surface area contributed by atoms with Gasteiger partial charge in [-0.2, -0.15) is 0 Å². The van der Waals surface area contributed by atoms with Crippen molar-refractivity contribution in [2.45, 2.75) is 19.4 Å². The van der Waals surface area contributed by atoms with Gasteiger partial charge in [-0.05, 0) is 30.2 Å². The third kappa shape index (κ3) is 4.18. The van der Waals surface area contributed by atoms with Crippen molar-refractivity contribution in [1.29, 1.82) is 0 Å². The summed E-state index contributed by atoms with van der Waals surface area (Å²) in [4.78, 5) is 35.7. The molecule has 2 aromatic carbocycles. The Bertz CT molecular complexity index is 1120. The van der Waals surface area contributed by atoms with E-state index in [1.807, 2.05) is 27.3 Å². The second kappa shape index (κ2) is 8.84. The number of benzene rings is 2. The van der Waals surface area contributed by atoms with Crippen LogP contribution in [-0.2, 0) is 4.79 Å². The molecule has 7 heteroatoms. The van der Waals surface area contributed by atoms with Gasteiger partial charge in [-0.1, -0.05) is 42.0 Å². The predicted molar refractivity (Wildman–Crippen MR) is 127 cm³/mol. The molecule has 2 amide bonds. The minimum absolute atomic E-state index is 0.0109. The Kier molecular flexibility index (Phi) is 5.76. The molecule has 0 aliphatic carbocycles. The first-order valence-electron chi connectivity index (χ1n) is 11.0. The number of thiazole rings is 1. The van der Waals surface area contributed by atoms with Gasteiger partial charge in [0.2, 0.25) is 5.91 Å². The van der Waals surface area contributed by atoms with Crippen LogP contribution in [0.15, 0.2) is 60.1 Å². The lowest BCUT2D eigenvalue weighted by molar-refractivity contribution is -0.117. The van der Waals surface area contributed by atoms with Crippen molar-refractivity contribution in [2.24, 2.45) is 0 Å². The number of carbonyl (C=O) groups excluding carboxylic acids is 2. The van der Waals surface area contributed by atoms with Crippen molar-refractivity contribution in [3.63, 3.8) is 0 Å². The Morgan fingerprint density at radius 3 is 2.50 bits per heavy atom. The number of hydrogen-bond acceptors (Lipinski definition) is 5. The van der Waals surface area contributed by atoms with Gasteiger partial charge in [-0.3, -0.25) is 14.5 Å². The Morgan fingerprint density at radius 1 is 1.03 bits per heavy atom. The molecule has 3 aromatic rings. The molecule has 0 N–H and O–H groups in total. The number of carbonyl (C=O) groups is 2. The molecular weight excluding hydrogens is 420 g/mol. The van der Waals surface area contributed by atoms with Gasteiger partial charge >= 0.3 is 0 Å². The largest absolute Gasteiger partial charge is 0.334 e. The summed E-state index contributed by atoms with van der Waals surface area (Å²) in [5.41, 5.74) is 4.46. The van der Waals surface area contributed by atoms with Gasteiger partial charge in [-0.15, -0.1) is 11.3 Å². The van der Waals surface area contributed by atoms with Crippen molar-refractivity contribution < 1.29 is 9.59 Å². The molecule has 3 heterocycles. The maximum absolute atomic E-state index is 12.9. The number of nitrogens with zero attached hydrogens (tertiary/aromatic N) is 4. The monoisotopic (exact) mass is 446 g/mol. The lowest BCUT2D eigenvalue weighted by Crippen LogP contribution is -2.52. The molecule has 0 bridgehead atoms. The lowest BCUT2D eigenvalue weighted by atomic mass is 10.0. The van der Waals surface area contributed by atoms with E-state index in [2.05, 4.69) is 53.2 Å². The molecule has 32 heavy (non-hydrogen) atoms. The quantitative estimate of drug-likeness (QED) is 0.614. The number of rotatable bonds is 4. The van der Waals surface area contributed by atoms with Crippen molar-refractivity contribution in [3.8, 4) is 11.1 Å². The van der Waals surface area contributed by atoms with Crippen molar-refractivity contribution in [3.05, 3.63) is 70.7 Å². The molecule has 2 aliphatic heterocycles. The summed E-state index contributed by atoms with van der Waals surface area (Å²) in [6.07, 6.45) is 2.19. The van der Waals surface area contributed by atoms with E-state index in [4.69, 9.17) is 0 Å². The number of aromatic nitrogens is 1. The first kappa shape index (κ1) is 20.8. The summed E-state index contributed by atoms with van der Waals surface area (Å²) in [5.74, 6) is 0.175. The van der Waals surface area contributed by atoms with E-state index in [0.29, 0.717) is 31.1 Å². The van der Waals surface area contributed by atoms with Crippen LogP contribution in [0.1, 0.15) is 21.8 Å². The molecule has 164 valence electrons. The van der Waals surface area contributed by atoms with E-state index in [1.54, 1.807) is 6.20 Å². The van der Waals surface area contributed by atoms with E-state index >= 15 is 0 Å². The van der Waals surface area contributed by atoms with Gasteiger partial charge in [0.1, 0.15) is 0 Å². The van der Waals surface area contributed by atoms with Crippen LogP contribution < -0.4 is 4.90 Å². The molecule has 6 nitrogen and oxygen atoms in total. The molecule has 1 aromatic heterocycles. The molecule has 2 fully saturated rings. The molecule has 1 atom stereocenters. The molecule has 2 saturated heterocycles. The number of hydrogen-bond donors (Lipinski definition) is 0. The fraction of sp³-hybridized carbons (Fsp3) is 0.320. The number of piperazine rings is 1. The molecule has 5 rings (SSSR count). The smallest absolute Gasteiger partial charge is 0.282 e. The summed E-state index contributed by atoms with van der Waals surface area (Å²) >= 11 is 1.38. The Hall–Kier alpha value is -3.03. The standard InChI is InChI=1S/C25H26N4O2S/c1-18-4-2-5-19(14-18)20-6-3-7-21(15-20)29-17-22(16-23(29)30)27-9-11-28(12-10-27)25(31)24-26-8-13-32-24/h2-8,13-15,22H,9-12,16-17H2,1H3.